The predicted molar refractivity (Wildman–Crippen MR) is 60.2 cm³/mol. The lowest BCUT2D eigenvalue weighted by Gasteiger charge is -2.35. The van der Waals surface area contributed by atoms with Crippen LogP contribution < -0.4 is 5.32 Å². The number of β-amino-alcohol motifs (C(OH)–C–C–N with tert-alkyl or cyclic N) is 1. The molecule has 94 valence electrons. The van der Waals surface area contributed by atoms with Gasteiger partial charge >= 0.3 is 0 Å². The van der Waals surface area contributed by atoms with Gasteiger partial charge in [0.1, 0.15) is 0 Å². The van der Waals surface area contributed by atoms with Crippen LogP contribution in [0.25, 0.3) is 0 Å². The molecule has 0 aromatic carbocycles. The lowest BCUT2D eigenvalue weighted by Crippen LogP contribution is -2.54. The van der Waals surface area contributed by atoms with E-state index in [1.807, 2.05) is 0 Å². The second-order valence-corrected chi connectivity index (χ2v) is 6.24. The molecule has 2 rings (SSSR count). The van der Waals surface area contributed by atoms with E-state index in [1.165, 1.54) is 8.61 Å². The Hall–Kier alpha value is -0.210. The zero-order valence-corrected chi connectivity index (χ0v) is 10.1. The van der Waals surface area contributed by atoms with E-state index in [0.717, 1.165) is 6.42 Å². The SMILES string of the molecule is O=S(=O)(N1CCNCC1)N1CCCC(O)C1. The van der Waals surface area contributed by atoms with Crippen LogP contribution in [-0.4, -0.2) is 67.5 Å². The summed E-state index contributed by atoms with van der Waals surface area (Å²) in [6, 6.07) is 0. The number of rotatable bonds is 2. The minimum atomic E-state index is -3.35. The average molecular weight is 249 g/mol. The maximum Gasteiger partial charge on any atom is 0.282 e. The van der Waals surface area contributed by atoms with E-state index in [4.69, 9.17) is 0 Å². The fourth-order valence-corrected chi connectivity index (χ4v) is 3.86. The molecule has 0 aliphatic carbocycles. The maximum absolute atomic E-state index is 12.2. The molecule has 6 nitrogen and oxygen atoms in total. The molecule has 7 heteroatoms. The van der Waals surface area contributed by atoms with Crippen molar-refractivity contribution in [1.29, 1.82) is 0 Å². The number of piperazine rings is 1. The van der Waals surface area contributed by atoms with Crippen molar-refractivity contribution in [3.8, 4) is 0 Å². The summed E-state index contributed by atoms with van der Waals surface area (Å²) < 4.78 is 27.3. The van der Waals surface area contributed by atoms with Gasteiger partial charge in [0.25, 0.3) is 10.2 Å². The molecule has 2 aliphatic heterocycles. The summed E-state index contributed by atoms with van der Waals surface area (Å²) in [5, 5.41) is 12.6. The van der Waals surface area contributed by atoms with Crippen molar-refractivity contribution in [3.63, 3.8) is 0 Å². The molecule has 1 atom stereocenters. The summed E-state index contributed by atoms with van der Waals surface area (Å²) in [7, 11) is -3.35. The molecule has 0 amide bonds. The normalized spacial score (nSPS) is 30.4. The van der Waals surface area contributed by atoms with Gasteiger partial charge in [0.15, 0.2) is 0 Å². The first kappa shape index (κ1) is 12.3. The molecule has 1 unspecified atom stereocenters. The number of aliphatic hydroxyl groups is 1. The highest BCUT2D eigenvalue weighted by Crippen LogP contribution is 2.17. The van der Waals surface area contributed by atoms with Gasteiger partial charge in [-0.3, -0.25) is 0 Å². The molecule has 2 aliphatic rings. The molecule has 2 fully saturated rings. The van der Waals surface area contributed by atoms with E-state index in [2.05, 4.69) is 5.32 Å². The van der Waals surface area contributed by atoms with E-state index in [0.29, 0.717) is 39.1 Å². The van der Waals surface area contributed by atoms with Crippen LogP contribution in [0.3, 0.4) is 0 Å². The zero-order valence-electron chi connectivity index (χ0n) is 9.30. The molecule has 0 aromatic heterocycles. The van der Waals surface area contributed by atoms with Gasteiger partial charge in [-0.25, -0.2) is 0 Å². The molecule has 0 radical (unpaired) electrons. The van der Waals surface area contributed by atoms with E-state index in [-0.39, 0.29) is 6.54 Å². The first-order valence-electron chi connectivity index (χ1n) is 5.75. The zero-order chi connectivity index (χ0) is 11.6. The smallest absolute Gasteiger partial charge is 0.282 e. The second-order valence-electron chi connectivity index (χ2n) is 4.31. The Bertz CT molecular complexity index is 327. The lowest BCUT2D eigenvalue weighted by molar-refractivity contribution is 0.104. The summed E-state index contributed by atoms with van der Waals surface area (Å²) in [4.78, 5) is 0. The molecule has 0 spiro atoms. The molecule has 0 aromatic rings. The van der Waals surface area contributed by atoms with Crippen LogP contribution in [0.15, 0.2) is 0 Å². The Kier molecular flexibility index (Phi) is 3.81. The van der Waals surface area contributed by atoms with Crippen LogP contribution in [0.1, 0.15) is 12.8 Å². The number of hydrogen-bond donors (Lipinski definition) is 2. The van der Waals surface area contributed by atoms with Crippen LogP contribution in [-0.2, 0) is 10.2 Å². The standard InChI is InChI=1S/C9H19N3O3S/c13-9-2-1-5-12(8-9)16(14,15)11-6-3-10-4-7-11/h9-10,13H,1-8H2. The Balaban J connectivity index is 2.05. The van der Waals surface area contributed by atoms with Crippen molar-refractivity contribution in [2.75, 3.05) is 39.3 Å². The highest BCUT2D eigenvalue weighted by atomic mass is 32.2. The van der Waals surface area contributed by atoms with Gasteiger partial charge < -0.3 is 10.4 Å². The summed E-state index contributed by atoms with van der Waals surface area (Å²) in [5.74, 6) is 0. The van der Waals surface area contributed by atoms with Gasteiger partial charge in [0.05, 0.1) is 6.10 Å². The minimum Gasteiger partial charge on any atom is -0.392 e. The highest BCUT2D eigenvalue weighted by molar-refractivity contribution is 7.86. The van der Waals surface area contributed by atoms with Crippen LogP contribution in [0.2, 0.25) is 0 Å². The van der Waals surface area contributed by atoms with Crippen molar-refractivity contribution < 1.29 is 13.5 Å². The number of aliphatic hydroxyl groups excluding tert-OH is 1. The molecule has 2 N–H and O–H groups in total. The molecule has 2 saturated heterocycles. The van der Waals surface area contributed by atoms with E-state index in [9.17, 15) is 13.5 Å². The van der Waals surface area contributed by atoms with Crippen LogP contribution in [0.4, 0.5) is 0 Å². The van der Waals surface area contributed by atoms with Crippen LogP contribution >= 0.6 is 0 Å². The van der Waals surface area contributed by atoms with E-state index in [1.54, 1.807) is 0 Å². The van der Waals surface area contributed by atoms with Crippen molar-refractivity contribution in [1.82, 2.24) is 13.9 Å². The lowest BCUT2D eigenvalue weighted by atomic mass is 10.1. The second kappa shape index (κ2) is 4.97. The van der Waals surface area contributed by atoms with Gasteiger partial charge in [-0.1, -0.05) is 0 Å². The molecular weight excluding hydrogens is 230 g/mol. The summed E-state index contributed by atoms with van der Waals surface area (Å²) >= 11 is 0. The van der Waals surface area contributed by atoms with Gasteiger partial charge in [-0.15, -0.1) is 0 Å². The third-order valence-corrected chi connectivity index (χ3v) is 5.09. The van der Waals surface area contributed by atoms with Gasteiger partial charge in [0, 0.05) is 39.3 Å². The Labute approximate surface area is 96.4 Å². The van der Waals surface area contributed by atoms with Crippen molar-refractivity contribution in [2.24, 2.45) is 0 Å². The topological polar surface area (TPSA) is 72.9 Å². The molecule has 0 saturated carbocycles. The van der Waals surface area contributed by atoms with Gasteiger partial charge in [0.2, 0.25) is 0 Å². The number of piperidine rings is 1. The minimum absolute atomic E-state index is 0.242. The largest absolute Gasteiger partial charge is 0.392 e. The quantitative estimate of drug-likeness (QED) is 0.631. The molecular formula is C9H19N3O3S. The summed E-state index contributed by atoms with van der Waals surface area (Å²) in [5.41, 5.74) is 0. The predicted octanol–water partition coefficient (Wildman–Crippen LogP) is -1.41. The first-order valence-corrected chi connectivity index (χ1v) is 7.14. The highest BCUT2D eigenvalue weighted by Gasteiger charge is 2.33. The monoisotopic (exact) mass is 249 g/mol. The number of nitrogens with one attached hydrogen (secondary N) is 1. The van der Waals surface area contributed by atoms with Gasteiger partial charge in [-0.05, 0) is 12.8 Å². The fourth-order valence-electron chi connectivity index (χ4n) is 2.17. The third kappa shape index (κ3) is 2.54. The third-order valence-electron chi connectivity index (χ3n) is 3.09. The molecule has 2 heterocycles. The van der Waals surface area contributed by atoms with Crippen LogP contribution in [0, 0.1) is 0 Å². The van der Waals surface area contributed by atoms with Crippen molar-refractivity contribution >= 4 is 10.2 Å². The van der Waals surface area contributed by atoms with Crippen molar-refractivity contribution in [3.05, 3.63) is 0 Å². The Morgan fingerprint density at radius 3 is 2.44 bits per heavy atom. The Morgan fingerprint density at radius 2 is 1.81 bits per heavy atom. The first-order chi connectivity index (χ1) is 7.60. The Morgan fingerprint density at radius 1 is 1.12 bits per heavy atom. The van der Waals surface area contributed by atoms with Gasteiger partial charge in [-0.2, -0.15) is 17.0 Å². The average Bonchev–Trinajstić information content (AvgIpc) is 2.30. The van der Waals surface area contributed by atoms with Crippen LogP contribution in [0.5, 0.6) is 0 Å². The summed E-state index contributed by atoms with van der Waals surface area (Å²) in [6.07, 6.45) is 0.937. The van der Waals surface area contributed by atoms with E-state index >= 15 is 0 Å². The molecule has 16 heavy (non-hydrogen) atoms. The number of hydrogen-bond acceptors (Lipinski definition) is 4. The number of nitrogens with zero attached hydrogens (tertiary/aromatic N) is 2. The molecule has 0 bridgehead atoms. The van der Waals surface area contributed by atoms with E-state index < -0.39 is 16.3 Å². The maximum atomic E-state index is 12.2. The van der Waals surface area contributed by atoms with Crippen molar-refractivity contribution in [2.45, 2.75) is 18.9 Å². The summed E-state index contributed by atoms with van der Waals surface area (Å²) in [6.45, 7) is 3.23. The fraction of sp³-hybridized carbons (Fsp3) is 1.00.